The summed E-state index contributed by atoms with van der Waals surface area (Å²) in [5, 5.41) is 0. The SMILES string of the molecule is CC.CCN1CCC2(CC1)CCN(C)c1ccccc12. The lowest BCUT2D eigenvalue weighted by molar-refractivity contribution is 0.156. The summed E-state index contributed by atoms with van der Waals surface area (Å²) in [4.78, 5) is 5.01. The summed E-state index contributed by atoms with van der Waals surface area (Å²) >= 11 is 0. The fraction of sp³-hybridized carbons (Fsp3) is 0.667. The van der Waals surface area contributed by atoms with Crippen molar-refractivity contribution < 1.29 is 0 Å². The molecule has 1 fully saturated rings. The minimum absolute atomic E-state index is 0.467. The number of likely N-dealkylation sites (tertiary alicyclic amines) is 1. The van der Waals surface area contributed by atoms with Crippen molar-refractivity contribution >= 4 is 5.69 Å². The number of para-hydroxylation sites is 1. The van der Waals surface area contributed by atoms with Gasteiger partial charge in [0, 0.05) is 24.7 Å². The zero-order chi connectivity index (χ0) is 14.6. The molecule has 0 aromatic heterocycles. The minimum Gasteiger partial charge on any atom is -0.374 e. The predicted octanol–water partition coefficient (Wildman–Crippen LogP) is 3.91. The van der Waals surface area contributed by atoms with Gasteiger partial charge in [-0.25, -0.2) is 0 Å². The maximum Gasteiger partial charge on any atom is 0.0401 e. The van der Waals surface area contributed by atoms with Crippen molar-refractivity contribution in [3.05, 3.63) is 29.8 Å². The van der Waals surface area contributed by atoms with Crippen LogP contribution in [-0.2, 0) is 5.41 Å². The molecule has 2 aliphatic heterocycles. The Hall–Kier alpha value is -1.02. The number of rotatable bonds is 1. The largest absolute Gasteiger partial charge is 0.374 e. The zero-order valence-corrected chi connectivity index (χ0v) is 13.7. The first-order valence-electron chi connectivity index (χ1n) is 8.28. The molecule has 2 aliphatic rings. The summed E-state index contributed by atoms with van der Waals surface area (Å²) in [5.41, 5.74) is 3.54. The first kappa shape index (κ1) is 15.4. The van der Waals surface area contributed by atoms with Crippen LogP contribution in [-0.4, -0.2) is 38.1 Å². The molecular weight excluding hydrogens is 244 g/mol. The Morgan fingerprint density at radius 2 is 1.60 bits per heavy atom. The van der Waals surface area contributed by atoms with Crippen LogP contribution in [0.25, 0.3) is 0 Å². The zero-order valence-electron chi connectivity index (χ0n) is 13.7. The summed E-state index contributed by atoms with van der Waals surface area (Å²) < 4.78 is 0. The molecule has 1 aromatic rings. The second-order valence-electron chi connectivity index (χ2n) is 5.90. The number of hydrogen-bond acceptors (Lipinski definition) is 2. The van der Waals surface area contributed by atoms with Crippen LogP contribution >= 0.6 is 0 Å². The van der Waals surface area contributed by atoms with Gasteiger partial charge in [0.25, 0.3) is 0 Å². The third-order valence-corrected chi connectivity index (χ3v) is 5.07. The van der Waals surface area contributed by atoms with Gasteiger partial charge in [0.1, 0.15) is 0 Å². The van der Waals surface area contributed by atoms with Gasteiger partial charge in [-0.05, 0) is 50.5 Å². The minimum atomic E-state index is 0.467. The van der Waals surface area contributed by atoms with Crippen LogP contribution in [0.3, 0.4) is 0 Å². The lowest BCUT2D eigenvalue weighted by Crippen LogP contribution is -2.47. The predicted molar refractivity (Wildman–Crippen MR) is 88.7 cm³/mol. The van der Waals surface area contributed by atoms with Crippen LogP contribution in [0.5, 0.6) is 0 Å². The first-order valence-corrected chi connectivity index (χ1v) is 8.28. The van der Waals surface area contributed by atoms with Crippen LogP contribution < -0.4 is 4.90 Å². The fourth-order valence-corrected chi connectivity index (χ4v) is 3.71. The maximum atomic E-state index is 2.59. The van der Waals surface area contributed by atoms with Crippen LogP contribution in [0, 0.1) is 0 Å². The van der Waals surface area contributed by atoms with E-state index in [-0.39, 0.29) is 0 Å². The molecule has 0 amide bonds. The lowest BCUT2D eigenvalue weighted by Gasteiger charge is -2.47. The monoisotopic (exact) mass is 274 g/mol. The third kappa shape index (κ3) is 2.71. The molecule has 2 nitrogen and oxygen atoms in total. The molecule has 1 saturated heterocycles. The molecule has 3 rings (SSSR count). The normalized spacial score (nSPS) is 21.1. The van der Waals surface area contributed by atoms with E-state index in [1.807, 2.05) is 13.8 Å². The average Bonchev–Trinajstić information content (AvgIpc) is 2.54. The Bertz CT molecular complexity index is 419. The van der Waals surface area contributed by atoms with E-state index in [1.165, 1.54) is 51.1 Å². The second-order valence-corrected chi connectivity index (χ2v) is 5.90. The molecule has 20 heavy (non-hydrogen) atoms. The number of hydrogen-bond donors (Lipinski definition) is 0. The van der Waals surface area contributed by atoms with Gasteiger partial charge < -0.3 is 9.80 Å². The molecule has 1 spiro atoms. The molecule has 0 N–H and O–H groups in total. The van der Waals surface area contributed by atoms with Gasteiger partial charge in [-0.15, -0.1) is 0 Å². The molecule has 112 valence electrons. The van der Waals surface area contributed by atoms with E-state index in [2.05, 4.69) is 48.0 Å². The Morgan fingerprint density at radius 3 is 2.25 bits per heavy atom. The highest BCUT2D eigenvalue weighted by Crippen LogP contribution is 2.45. The van der Waals surface area contributed by atoms with Crippen molar-refractivity contribution in [2.24, 2.45) is 0 Å². The molecular formula is C18H30N2. The highest BCUT2D eigenvalue weighted by molar-refractivity contribution is 5.58. The molecule has 0 radical (unpaired) electrons. The Labute approximate surface area is 124 Å². The molecule has 1 aromatic carbocycles. The summed E-state index contributed by atoms with van der Waals surface area (Å²) in [6, 6.07) is 9.05. The van der Waals surface area contributed by atoms with E-state index in [1.54, 1.807) is 5.56 Å². The van der Waals surface area contributed by atoms with Gasteiger partial charge in [0.15, 0.2) is 0 Å². The third-order valence-electron chi connectivity index (χ3n) is 5.07. The van der Waals surface area contributed by atoms with Gasteiger partial charge >= 0.3 is 0 Å². The molecule has 0 saturated carbocycles. The van der Waals surface area contributed by atoms with Crippen molar-refractivity contribution in [2.75, 3.05) is 38.1 Å². The van der Waals surface area contributed by atoms with Gasteiger partial charge in [-0.2, -0.15) is 0 Å². The standard InChI is InChI=1S/C16H24N2.C2H6/c1-3-18-12-9-16(10-13-18)8-11-17(2)15-7-5-4-6-14(15)16;1-2/h4-7H,3,8-13H2,1-2H3;1-2H3. The van der Waals surface area contributed by atoms with Gasteiger partial charge in [0.05, 0.1) is 0 Å². The molecule has 2 heterocycles. The fourth-order valence-electron chi connectivity index (χ4n) is 3.71. The topological polar surface area (TPSA) is 6.48 Å². The van der Waals surface area contributed by atoms with Crippen LogP contribution in [0.2, 0.25) is 0 Å². The number of nitrogens with zero attached hydrogens (tertiary/aromatic N) is 2. The second kappa shape index (κ2) is 6.62. The Balaban J connectivity index is 0.000000704. The van der Waals surface area contributed by atoms with E-state index in [0.29, 0.717) is 5.41 Å². The summed E-state index contributed by atoms with van der Waals surface area (Å²) in [6.07, 6.45) is 4.01. The van der Waals surface area contributed by atoms with Crippen LogP contribution in [0.4, 0.5) is 5.69 Å². The highest BCUT2D eigenvalue weighted by atomic mass is 15.1. The number of piperidine rings is 1. The first-order chi connectivity index (χ1) is 9.75. The molecule has 0 atom stereocenters. The van der Waals surface area contributed by atoms with Crippen molar-refractivity contribution in [1.29, 1.82) is 0 Å². The van der Waals surface area contributed by atoms with Crippen molar-refractivity contribution in [2.45, 2.75) is 45.4 Å². The molecule has 2 heteroatoms. The van der Waals surface area contributed by atoms with Crippen molar-refractivity contribution in [1.82, 2.24) is 4.90 Å². The summed E-state index contributed by atoms with van der Waals surface area (Å²) in [5.74, 6) is 0. The lowest BCUT2D eigenvalue weighted by atomic mass is 9.68. The van der Waals surface area contributed by atoms with Gasteiger partial charge in [-0.1, -0.05) is 39.0 Å². The van der Waals surface area contributed by atoms with E-state index in [4.69, 9.17) is 0 Å². The Kier molecular flexibility index (Phi) is 5.09. The van der Waals surface area contributed by atoms with Gasteiger partial charge in [-0.3, -0.25) is 0 Å². The van der Waals surface area contributed by atoms with Crippen LogP contribution in [0.15, 0.2) is 24.3 Å². The average molecular weight is 274 g/mol. The van der Waals surface area contributed by atoms with Gasteiger partial charge in [0.2, 0.25) is 0 Å². The quantitative estimate of drug-likeness (QED) is 0.766. The molecule has 0 bridgehead atoms. The van der Waals surface area contributed by atoms with E-state index in [0.717, 1.165) is 0 Å². The van der Waals surface area contributed by atoms with Crippen molar-refractivity contribution in [3.8, 4) is 0 Å². The van der Waals surface area contributed by atoms with Crippen LogP contribution in [0.1, 0.15) is 45.6 Å². The number of anilines is 1. The van der Waals surface area contributed by atoms with E-state index < -0.39 is 0 Å². The molecule has 0 aliphatic carbocycles. The van der Waals surface area contributed by atoms with E-state index in [9.17, 15) is 0 Å². The number of benzene rings is 1. The molecule has 0 unspecified atom stereocenters. The summed E-state index contributed by atoms with van der Waals surface area (Å²) in [7, 11) is 2.23. The Morgan fingerprint density at radius 1 is 1.00 bits per heavy atom. The maximum absolute atomic E-state index is 2.59. The smallest absolute Gasteiger partial charge is 0.0401 e. The number of fused-ring (bicyclic) bond motifs is 2. The summed E-state index contributed by atoms with van der Waals surface area (Å²) in [6.45, 7) is 11.2. The van der Waals surface area contributed by atoms with Crippen molar-refractivity contribution in [3.63, 3.8) is 0 Å². The van der Waals surface area contributed by atoms with E-state index >= 15 is 0 Å². The highest BCUT2D eigenvalue weighted by Gasteiger charge is 2.40.